The molecule has 1 aliphatic carbocycles. The first-order chi connectivity index (χ1) is 14.5. The summed E-state index contributed by atoms with van der Waals surface area (Å²) in [5, 5.41) is 3.60. The number of ether oxygens (including phenoxy) is 1. The normalized spacial score (nSPS) is 27.2. The highest BCUT2D eigenvalue weighted by atomic mass is 19.1. The predicted octanol–water partition coefficient (Wildman–Crippen LogP) is 2.79. The number of fused-ring (bicyclic) bond motifs is 2. The van der Waals surface area contributed by atoms with Crippen LogP contribution in [0.25, 0.3) is 10.9 Å². The zero-order valence-corrected chi connectivity index (χ0v) is 17.1. The Kier molecular flexibility index (Phi) is 4.89. The van der Waals surface area contributed by atoms with Crippen LogP contribution in [0.15, 0.2) is 18.2 Å². The monoisotopic (exact) mass is 414 g/mol. The Morgan fingerprint density at radius 1 is 1.27 bits per heavy atom. The maximum absolute atomic E-state index is 14.1. The Labute approximate surface area is 174 Å². The van der Waals surface area contributed by atoms with Gasteiger partial charge in [0.05, 0.1) is 11.6 Å². The molecule has 160 valence electrons. The number of rotatable bonds is 3. The van der Waals surface area contributed by atoms with Crippen molar-refractivity contribution in [2.75, 3.05) is 26.2 Å². The molecule has 0 bridgehead atoms. The van der Waals surface area contributed by atoms with Gasteiger partial charge < -0.3 is 15.0 Å². The maximum atomic E-state index is 14.1. The number of H-pyrrole nitrogens is 1. The minimum atomic E-state index is -0.322. The van der Waals surface area contributed by atoms with Crippen molar-refractivity contribution in [3.05, 3.63) is 35.3 Å². The lowest BCUT2D eigenvalue weighted by Gasteiger charge is -2.43. The van der Waals surface area contributed by atoms with Crippen LogP contribution in [0, 0.1) is 12.7 Å². The van der Waals surface area contributed by atoms with Crippen LogP contribution in [0.2, 0.25) is 0 Å². The SMILES string of the molecule is Cc1ccc(F)c2cc(C(=O)N[C@@H]3CCC[C@@H](N4CCN5C(=O)OCC5C4)C3)[nH]c12. The van der Waals surface area contributed by atoms with E-state index in [0.29, 0.717) is 35.8 Å². The maximum Gasteiger partial charge on any atom is 0.410 e. The van der Waals surface area contributed by atoms with E-state index in [0.717, 1.165) is 44.3 Å². The van der Waals surface area contributed by atoms with Crippen LogP contribution in [0.1, 0.15) is 41.7 Å². The second kappa shape index (κ2) is 7.58. The second-order valence-electron chi connectivity index (χ2n) is 8.75. The highest BCUT2D eigenvalue weighted by molar-refractivity contribution is 5.99. The second-order valence-corrected chi connectivity index (χ2v) is 8.75. The van der Waals surface area contributed by atoms with Crippen LogP contribution < -0.4 is 5.32 Å². The van der Waals surface area contributed by atoms with Crippen molar-refractivity contribution < 1.29 is 18.7 Å². The summed E-state index contributed by atoms with van der Waals surface area (Å²) in [6.45, 7) is 4.75. The molecule has 7 nitrogen and oxygen atoms in total. The molecule has 5 rings (SSSR count). The zero-order valence-electron chi connectivity index (χ0n) is 17.1. The number of benzene rings is 1. The number of nitrogens with zero attached hydrogens (tertiary/aromatic N) is 2. The van der Waals surface area contributed by atoms with Crippen molar-refractivity contribution >= 4 is 22.9 Å². The minimum absolute atomic E-state index is 0.0908. The summed E-state index contributed by atoms with van der Waals surface area (Å²) < 4.78 is 19.3. The van der Waals surface area contributed by atoms with E-state index in [1.54, 1.807) is 12.1 Å². The lowest BCUT2D eigenvalue weighted by Crippen LogP contribution is -2.56. The Bertz CT molecular complexity index is 951. The van der Waals surface area contributed by atoms with E-state index in [2.05, 4.69) is 15.2 Å². The van der Waals surface area contributed by atoms with Gasteiger partial charge in [0.25, 0.3) is 5.91 Å². The highest BCUT2D eigenvalue weighted by Crippen LogP contribution is 2.28. The van der Waals surface area contributed by atoms with Crippen molar-refractivity contribution in [3.8, 4) is 0 Å². The van der Waals surface area contributed by atoms with Crippen molar-refractivity contribution in [1.29, 1.82) is 0 Å². The van der Waals surface area contributed by atoms with Gasteiger partial charge in [0.15, 0.2) is 0 Å². The third-order valence-corrected chi connectivity index (χ3v) is 6.84. The fraction of sp³-hybridized carbons (Fsp3) is 0.545. The number of piperazine rings is 1. The molecule has 3 fully saturated rings. The van der Waals surface area contributed by atoms with E-state index in [1.807, 2.05) is 11.8 Å². The van der Waals surface area contributed by atoms with Gasteiger partial charge in [0.1, 0.15) is 18.1 Å². The van der Waals surface area contributed by atoms with Gasteiger partial charge >= 0.3 is 6.09 Å². The number of hydrogen-bond acceptors (Lipinski definition) is 4. The number of hydrogen-bond donors (Lipinski definition) is 2. The number of halogens is 1. The molecule has 1 aromatic heterocycles. The predicted molar refractivity (Wildman–Crippen MR) is 110 cm³/mol. The summed E-state index contributed by atoms with van der Waals surface area (Å²) in [5.74, 6) is -0.507. The molecule has 30 heavy (non-hydrogen) atoms. The molecular weight excluding hydrogens is 387 g/mol. The van der Waals surface area contributed by atoms with Gasteiger partial charge in [0, 0.05) is 37.1 Å². The van der Waals surface area contributed by atoms with Crippen LogP contribution in [-0.2, 0) is 4.74 Å². The molecule has 2 aromatic rings. The van der Waals surface area contributed by atoms with Crippen LogP contribution in [-0.4, -0.2) is 71.2 Å². The van der Waals surface area contributed by atoms with Crippen LogP contribution in [0.4, 0.5) is 9.18 Å². The number of aromatic amines is 1. The Morgan fingerprint density at radius 3 is 2.97 bits per heavy atom. The summed E-state index contributed by atoms with van der Waals surface area (Å²) in [4.78, 5) is 31.9. The quantitative estimate of drug-likeness (QED) is 0.810. The molecular formula is C22H27FN4O3. The molecule has 1 unspecified atom stereocenters. The average molecular weight is 414 g/mol. The first kappa shape index (κ1) is 19.4. The molecule has 2 saturated heterocycles. The Balaban J connectivity index is 1.23. The van der Waals surface area contributed by atoms with Gasteiger partial charge in [-0.15, -0.1) is 0 Å². The van der Waals surface area contributed by atoms with E-state index < -0.39 is 0 Å². The molecule has 8 heteroatoms. The number of nitrogens with one attached hydrogen (secondary N) is 2. The number of carbonyl (C=O) groups is 2. The Hall–Kier alpha value is -2.61. The summed E-state index contributed by atoms with van der Waals surface area (Å²) in [6.07, 6.45) is 3.79. The van der Waals surface area contributed by atoms with Crippen LogP contribution in [0.5, 0.6) is 0 Å². The first-order valence-corrected chi connectivity index (χ1v) is 10.8. The molecule has 3 aliphatic rings. The van der Waals surface area contributed by atoms with Crippen molar-refractivity contribution in [3.63, 3.8) is 0 Å². The smallest absolute Gasteiger partial charge is 0.410 e. The van der Waals surface area contributed by atoms with Gasteiger partial charge in [-0.25, -0.2) is 9.18 Å². The lowest BCUT2D eigenvalue weighted by atomic mass is 9.89. The Morgan fingerprint density at radius 2 is 2.13 bits per heavy atom. The van der Waals surface area contributed by atoms with Gasteiger partial charge in [-0.2, -0.15) is 0 Å². The summed E-state index contributed by atoms with van der Waals surface area (Å²) in [5.41, 5.74) is 1.99. The van der Waals surface area contributed by atoms with Gasteiger partial charge in [-0.3, -0.25) is 14.6 Å². The van der Waals surface area contributed by atoms with Crippen molar-refractivity contribution in [1.82, 2.24) is 20.1 Å². The third kappa shape index (κ3) is 3.43. The van der Waals surface area contributed by atoms with Gasteiger partial charge in [0.2, 0.25) is 0 Å². The highest BCUT2D eigenvalue weighted by Gasteiger charge is 2.40. The summed E-state index contributed by atoms with van der Waals surface area (Å²) in [7, 11) is 0. The molecule has 0 spiro atoms. The fourth-order valence-corrected chi connectivity index (χ4v) is 5.18. The number of aryl methyl sites for hydroxylation is 1. The lowest BCUT2D eigenvalue weighted by molar-refractivity contribution is 0.0630. The number of amides is 2. The summed E-state index contributed by atoms with van der Waals surface area (Å²) in [6, 6.07) is 5.37. The molecule has 1 aromatic carbocycles. The van der Waals surface area contributed by atoms with E-state index in [-0.39, 0.29) is 29.9 Å². The van der Waals surface area contributed by atoms with Crippen LogP contribution in [0.3, 0.4) is 0 Å². The van der Waals surface area contributed by atoms with Crippen molar-refractivity contribution in [2.24, 2.45) is 0 Å². The van der Waals surface area contributed by atoms with E-state index in [9.17, 15) is 14.0 Å². The molecule has 3 atom stereocenters. The van der Waals surface area contributed by atoms with E-state index in [1.165, 1.54) is 6.07 Å². The average Bonchev–Trinajstić information content (AvgIpc) is 3.36. The van der Waals surface area contributed by atoms with E-state index >= 15 is 0 Å². The number of carbonyl (C=O) groups excluding carboxylic acids is 2. The molecule has 2 N–H and O–H groups in total. The van der Waals surface area contributed by atoms with Gasteiger partial charge in [-0.05, 0) is 50.3 Å². The third-order valence-electron chi connectivity index (χ3n) is 6.84. The summed E-state index contributed by atoms with van der Waals surface area (Å²) >= 11 is 0. The van der Waals surface area contributed by atoms with Crippen LogP contribution >= 0.6 is 0 Å². The van der Waals surface area contributed by atoms with Gasteiger partial charge in [-0.1, -0.05) is 6.07 Å². The van der Waals surface area contributed by atoms with E-state index in [4.69, 9.17) is 4.74 Å². The molecule has 0 radical (unpaired) electrons. The molecule has 2 aliphatic heterocycles. The number of cyclic esters (lactones) is 1. The fourth-order valence-electron chi connectivity index (χ4n) is 5.18. The first-order valence-electron chi connectivity index (χ1n) is 10.8. The zero-order chi connectivity index (χ0) is 20.8. The number of aromatic nitrogens is 1. The molecule has 3 heterocycles. The largest absolute Gasteiger partial charge is 0.447 e. The minimum Gasteiger partial charge on any atom is -0.447 e. The standard InChI is InChI=1S/C22H27FN4O3/c1-13-5-6-18(23)17-10-19(25-20(13)17)21(28)24-14-3-2-4-15(9-14)26-7-8-27-16(11-26)12-30-22(27)29/h5-6,10,14-16,25H,2-4,7-9,11-12H2,1H3,(H,24,28)/t14-,15-,16?/m1/s1. The topological polar surface area (TPSA) is 77.7 Å². The van der Waals surface area contributed by atoms with Crippen molar-refractivity contribution in [2.45, 2.75) is 50.7 Å². The molecule has 2 amide bonds. The molecule has 1 saturated carbocycles.